The molecule has 2 fully saturated rings. The van der Waals surface area contributed by atoms with Crippen molar-refractivity contribution in [3.05, 3.63) is 60.8 Å². The Kier molecular flexibility index (Phi) is 43.7. The van der Waals surface area contributed by atoms with Crippen LogP contribution in [-0.2, 0) is 33.2 Å². The van der Waals surface area contributed by atoms with E-state index in [4.69, 9.17) is 28.4 Å². The fourth-order valence-corrected chi connectivity index (χ4v) is 9.25. The summed E-state index contributed by atoms with van der Waals surface area (Å²) in [5.41, 5.74) is 0. The molecule has 0 bridgehead atoms. The summed E-state index contributed by atoms with van der Waals surface area (Å²) in [6.07, 6.45) is 42.8. The number of carbonyl (C=O) groups excluding carboxylic acids is 1. The molecule has 11 atom stereocenters. The van der Waals surface area contributed by atoms with E-state index in [9.17, 15) is 40.5 Å². The van der Waals surface area contributed by atoms with Gasteiger partial charge in [-0.05, 0) is 57.8 Å². The van der Waals surface area contributed by atoms with Crippen molar-refractivity contribution in [3.8, 4) is 0 Å². The van der Waals surface area contributed by atoms with Crippen LogP contribution in [0.1, 0.15) is 219 Å². The Morgan fingerprint density at radius 2 is 0.867 bits per heavy atom. The molecule has 0 aromatic carbocycles. The van der Waals surface area contributed by atoms with Crippen molar-refractivity contribution in [2.24, 2.45) is 0 Å². The number of aliphatic hydroxyl groups excluding tert-OH is 7. The third kappa shape index (κ3) is 34.3. The second-order valence-corrected chi connectivity index (χ2v) is 20.8. The molecule has 14 nitrogen and oxygen atoms in total. The molecule has 436 valence electrons. The van der Waals surface area contributed by atoms with Gasteiger partial charge in [-0.2, -0.15) is 0 Å². The first-order valence-corrected chi connectivity index (χ1v) is 29.9. The Hall–Kier alpha value is -2.31. The normalized spacial score (nSPS) is 25.0. The maximum Gasteiger partial charge on any atom is 0.306 e. The smallest absolute Gasteiger partial charge is 0.306 e. The minimum absolute atomic E-state index is 0.0559. The highest BCUT2D eigenvalue weighted by molar-refractivity contribution is 5.69. The van der Waals surface area contributed by atoms with Crippen LogP contribution in [0.4, 0.5) is 0 Å². The lowest BCUT2D eigenvalue weighted by molar-refractivity contribution is -0.332. The van der Waals surface area contributed by atoms with Crippen molar-refractivity contribution >= 4 is 5.97 Å². The van der Waals surface area contributed by atoms with Crippen molar-refractivity contribution in [3.63, 3.8) is 0 Å². The molecule has 0 aliphatic carbocycles. The van der Waals surface area contributed by atoms with Gasteiger partial charge in [0.1, 0.15) is 54.9 Å². The highest BCUT2D eigenvalue weighted by atomic mass is 16.7. The van der Waals surface area contributed by atoms with E-state index in [2.05, 4.69) is 74.6 Å². The SMILES string of the molecule is CC/C=C\C/C=C\C/C=C\C/C=C\C/C=C\CCCCCCCCCCOCC(COC1OC(COC2OC(CO)C(O)C(O)C2O)C(O)C(O)C1O)OC(=O)CCCCCCCCCCCCCCCCCCC. The summed E-state index contributed by atoms with van der Waals surface area (Å²) < 4.78 is 34.4. The molecule has 2 aliphatic heterocycles. The van der Waals surface area contributed by atoms with Crippen LogP contribution in [0, 0.1) is 0 Å². The van der Waals surface area contributed by atoms with E-state index < -0.39 is 80.7 Å². The minimum Gasteiger partial charge on any atom is -0.457 e. The fourth-order valence-electron chi connectivity index (χ4n) is 9.25. The van der Waals surface area contributed by atoms with Gasteiger partial charge >= 0.3 is 5.97 Å². The molecule has 14 heteroatoms. The van der Waals surface area contributed by atoms with Crippen LogP contribution in [0.3, 0.4) is 0 Å². The molecule has 0 aromatic heterocycles. The molecule has 0 aromatic rings. The standard InChI is InChI=1S/C61H108O14/c1-3-5-7-9-11-13-15-17-19-21-22-23-24-25-26-27-29-31-33-35-37-39-41-43-45-70-47-50(73-53(63)44-42-40-38-36-34-32-30-28-20-18-16-14-12-10-8-6-4-2)48-71-60-59(69)57(67)55(65)52(75-60)49-72-61-58(68)56(66)54(64)51(46-62)74-61/h5,7,11,13,17,19,22-23,25-26,50-52,54-62,64-69H,3-4,6,8-10,12,14-16,18,20-21,24,27-49H2,1-2H3/b7-5-,13-11-,19-17-,23-22-,26-25-. The Labute approximate surface area is 454 Å². The predicted octanol–water partition coefficient (Wildman–Crippen LogP) is 10.9. The van der Waals surface area contributed by atoms with E-state index >= 15 is 0 Å². The van der Waals surface area contributed by atoms with Crippen molar-refractivity contribution in [2.75, 3.05) is 33.0 Å². The van der Waals surface area contributed by atoms with Crippen molar-refractivity contribution in [1.82, 2.24) is 0 Å². The van der Waals surface area contributed by atoms with E-state index in [-0.39, 0.29) is 25.6 Å². The summed E-state index contributed by atoms with van der Waals surface area (Å²) in [4.78, 5) is 13.1. The first-order chi connectivity index (χ1) is 36.6. The van der Waals surface area contributed by atoms with Gasteiger partial charge < -0.3 is 64.2 Å². The number of rotatable bonds is 48. The van der Waals surface area contributed by atoms with E-state index in [1.165, 1.54) is 116 Å². The first-order valence-electron chi connectivity index (χ1n) is 29.9. The third-order valence-electron chi connectivity index (χ3n) is 14.0. The quantitative estimate of drug-likeness (QED) is 0.0172. The summed E-state index contributed by atoms with van der Waals surface area (Å²) in [5.74, 6) is -0.377. The summed E-state index contributed by atoms with van der Waals surface area (Å²) >= 11 is 0. The van der Waals surface area contributed by atoms with Gasteiger partial charge in [-0.15, -0.1) is 0 Å². The Balaban J connectivity index is 1.70. The average Bonchev–Trinajstić information content (AvgIpc) is 3.41. The number of unbranched alkanes of at least 4 members (excludes halogenated alkanes) is 24. The van der Waals surface area contributed by atoms with Crippen LogP contribution >= 0.6 is 0 Å². The van der Waals surface area contributed by atoms with Gasteiger partial charge in [0.05, 0.1) is 26.4 Å². The number of hydrogen-bond donors (Lipinski definition) is 7. The lowest BCUT2D eigenvalue weighted by Gasteiger charge is -2.42. The van der Waals surface area contributed by atoms with Gasteiger partial charge in [0.2, 0.25) is 0 Å². The lowest BCUT2D eigenvalue weighted by atomic mass is 9.98. The molecule has 2 aliphatic rings. The number of hydrogen-bond acceptors (Lipinski definition) is 14. The molecule has 0 spiro atoms. The number of ether oxygens (including phenoxy) is 6. The van der Waals surface area contributed by atoms with Gasteiger partial charge in [0.25, 0.3) is 0 Å². The summed E-state index contributed by atoms with van der Waals surface area (Å²) in [5, 5.41) is 72.4. The van der Waals surface area contributed by atoms with Crippen LogP contribution in [0.2, 0.25) is 0 Å². The van der Waals surface area contributed by atoms with Crippen LogP contribution in [0.25, 0.3) is 0 Å². The Bertz CT molecular complexity index is 1470. The van der Waals surface area contributed by atoms with E-state index in [1.807, 2.05) is 0 Å². The lowest BCUT2D eigenvalue weighted by Crippen LogP contribution is -2.61. The Morgan fingerprint density at radius 3 is 1.36 bits per heavy atom. The van der Waals surface area contributed by atoms with Crippen LogP contribution < -0.4 is 0 Å². The minimum atomic E-state index is -1.71. The number of esters is 1. The molecule has 2 saturated heterocycles. The molecule has 0 radical (unpaired) electrons. The van der Waals surface area contributed by atoms with E-state index in [0.717, 1.165) is 77.0 Å². The van der Waals surface area contributed by atoms with Gasteiger partial charge in [0, 0.05) is 13.0 Å². The molecule has 2 heterocycles. The zero-order valence-electron chi connectivity index (χ0n) is 46.8. The molecule has 2 rings (SSSR count). The topological polar surface area (TPSA) is 214 Å². The summed E-state index contributed by atoms with van der Waals surface area (Å²) in [6.45, 7) is 3.58. The molecule has 7 N–H and O–H groups in total. The number of aliphatic hydroxyl groups is 7. The zero-order chi connectivity index (χ0) is 54.4. The summed E-state index contributed by atoms with van der Waals surface area (Å²) in [7, 11) is 0. The van der Waals surface area contributed by atoms with Crippen LogP contribution in [0.15, 0.2) is 60.8 Å². The monoisotopic (exact) mass is 1060 g/mol. The maximum atomic E-state index is 13.1. The molecule has 75 heavy (non-hydrogen) atoms. The van der Waals surface area contributed by atoms with Crippen molar-refractivity contribution < 1.29 is 69.0 Å². The van der Waals surface area contributed by atoms with Crippen LogP contribution in [0.5, 0.6) is 0 Å². The second-order valence-electron chi connectivity index (χ2n) is 20.8. The maximum absolute atomic E-state index is 13.1. The fraction of sp³-hybridized carbons (Fsp3) is 0.820. The van der Waals surface area contributed by atoms with Gasteiger partial charge in [-0.3, -0.25) is 4.79 Å². The Morgan fingerprint density at radius 1 is 0.453 bits per heavy atom. The van der Waals surface area contributed by atoms with Gasteiger partial charge in [0.15, 0.2) is 12.6 Å². The molecule has 0 saturated carbocycles. The number of allylic oxidation sites excluding steroid dienone is 10. The van der Waals surface area contributed by atoms with Crippen LogP contribution in [-0.4, -0.2) is 142 Å². The van der Waals surface area contributed by atoms with Crippen molar-refractivity contribution in [1.29, 1.82) is 0 Å². The van der Waals surface area contributed by atoms with E-state index in [1.54, 1.807) is 0 Å². The van der Waals surface area contributed by atoms with Gasteiger partial charge in [-0.25, -0.2) is 0 Å². The second kappa shape index (κ2) is 47.7. The molecule has 11 unspecified atom stereocenters. The average molecular weight is 1070 g/mol. The van der Waals surface area contributed by atoms with Gasteiger partial charge in [-0.1, -0.05) is 216 Å². The summed E-state index contributed by atoms with van der Waals surface area (Å²) in [6, 6.07) is 0. The zero-order valence-corrected chi connectivity index (χ0v) is 46.8. The highest BCUT2D eigenvalue weighted by Crippen LogP contribution is 2.27. The molecular formula is C61H108O14. The largest absolute Gasteiger partial charge is 0.457 e. The molecular weight excluding hydrogens is 957 g/mol. The predicted molar refractivity (Wildman–Crippen MR) is 298 cm³/mol. The van der Waals surface area contributed by atoms with Crippen molar-refractivity contribution in [2.45, 2.75) is 287 Å². The number of carbonyl (C=O) groups is 1. The third-order valence-corrected chi connectivity index (χ3v) is 14.0. The highest BCUT2D eigenvalue weighted by Gasteiger charge is 2.47. The first kappa shape index (κ1) is 68.8. The van der Waals surface area contributed by atoms with E-state index in [0.29, 0.717) is 13.0 Å². The molecule has 0 amide bonds.